The molecule has 0 saturated heterocycles. The van der Waals surface area contributed by atoms with Gasteiger partial charge in [0.1, 0.15) is 0 Å². The molecular weight excluding hydrogens is 158 g/mol. The molecule has 0 aliphatic heterocycles. The first-order valence-corrected chi connectivity index (χ1v) is 3.40. The number of nitriles is 1. The maximum atomic E-state index is 7.51. The van der Waals surface area contributed by atoms with Crippen LogP contribution < -0.4 is 0 Å². The Kier molecular flexibility index (Phi) is 6.07. The van der Waals surface area contributed by atoms with Crippen molar-refractivity contribution in [3.05, 3.63) is 48.0 Å². The lowest BCUT2D eigenvalue weighted by Crippen LogP contribution is -1.55. The van der Waals surface area contributed by atoms with Crippen molar-refractivity contribution in [1.29, 1.82) is 5.26 Å². The average molecular weight is 166 g/mol. The first-order valence-electron chi connectivity index (χ1n) is 3.02. The van der Waals surface area contributed by atoms with E-state index < -0.39 is 0 Å². The van der Waals surface area contributed by atoms with Gasteiger partial charge >= 0.3 is 0 Å². The Bertz CT molecular complexity index is 235. The van der Waals surface area contributed by atoms with Gasteiger partial charge in [-0.05, 0) is 12.1 Å². The number of rotatable bonds is 0. The van der Waals surface area contributed by atoms with Crippen LogP contribution in [0.5, 0.6) is 0 Å². The Labute approximate surface area is 71.5 Å². The third-order valence-electron chi connectivity index (χ3n) is 0.824. The number of hydrogen-bond acceptors (Lipinski definition) is 1. The SMILES string of the molecule is C=CC#N.Clc1ccccc1. The Hall–Kier alpha value is -1.26. The molecule has 1 rings (SSSR count). The summed E-state index contributed by atoms with van der Waals surface area (Å²) in [6.45, 7) is 3.12. The van der Waals surface area contributed by atoms with E-state index in [1.807, 2.05) is 30.3 Å². The van der Waals surface area contributed by atoms with Crippen molar-refractivity contribution in [2.45, 2.75) is 0 Å². The summed E-state index contributed by atoms with van der Waals surface area (Å²) < 4.78 is 0. The minimum absolute atomic E-state index is 0.794. The van der Waals surface area contributed by atoms with E-state index in [2.05, 4.69) is 6.58 Å². The number of allylic oxidation sites excluding steroid dienone is 1. The fourth-order valence-electron chi connectivity index (χ4n) is 0.415. The summed E-state index contributed by atoms with van der Waals surface area (Å²) in [5.74, 6) is 0. The standard InChI is InChI=1S/C6H5Cl.C3H3N/c7-6-4-2-1-3-5-6;1-2-3-4/h1-5H;2H,1H2. The lowest BCUT2D eigenvalue weighted by molar-refractivity contribution is 1.54. The van der Waals surface area contributed by atoms with Crippen LogP contribution >= 0.6 is 11.6 Å². The van der Waals surface area contributed by atoms with E-state index in [9.17, 15) is 0 Å². The van der Waals surface area contributed by atoms with Gasteiger partial charge in [0.05, 0.1) is 6.07 Å². The summed E-state index contributed by atoms with van der Waals surface area (Å²) in [7, 11) is 0. The summed E-state index contributed by atoms with van der Waals surface area (Å²) in [4.78, 5) is 0. The second-order valence-corrected chi connectivity index (χ2v) is 2.07. The third-order valence-corrected chi connectivity index (χ3v) is 1.08. The molecule has 0 N–H and O–H groups in total. The van der Waals surface area contributed by atoms with Gasteiger partial charge in [-0.1, -0.05) is 36.4 Å². The molecule has 1 nitrogen and oxygen atoms in total. The minimum atomic E-state index is 0.794. The van der Waals surface area contributed by atoms with Gasteiger partial charge in [-0.15, -0.1) is 0 Å². The quantitative estimate of drug-likeness (QED) is 0.542. The van der Waals surface area contributed by atoms with Crippen molar-refractivity contribution < 1.29 is 0 Å². The highest BCUT2D eigenvalue weighted by Gasteiger charge is 1.74. The van der Waals surface area contributed by atoms with Crippen LogP contribution in [-0.2, 0) is 0 Å². The molecule has 0 aliphatic rings. The van der Waals surface area contributed by atoms with E-state index >= 15 is 0 Å². The van der Waals surface area contributed by atoms with Crippen LogP contribution in [0.3, 0.4) is 0 Å². The summed E-state index contributed by atoms with van der Waals surface area (Å²) in [5.41, 5.74) is 0. The number of halogens is 1. The topological polar surface area (TPSA) is 23.8 Å². The summed E-state index contributed by atoms with van der Waals surface area (Å²) in [6, 6.07) is 11.1. The molecule has 0 aromatic heterocycles. The van der Waals surface area contributed by atoms with E-state index in [1.54, 1.807) is 6.07 Å². The number of benzene rings is 1. The van der Waals surface area contributed by atoms with Crippen molar-refractivity contribution in [3.8, 4) is 6.07 Å². The van der Waals surface area contributed by atoms with Crippen molar-refractivity contribution in [2.24, 2.45) is 0 Å². The van der Waals surface area contributed by atoms with Gasteiger partial charge in [0.15, 0.2) is 0 Å². The van der Waals surface area contributed by atoms with Crippen LogP contribution in [0.25, 0.3) is 0 Å². The molecule has 0 bridgehead atoms. The Morgan fingerprint density at radius 1 is 1.36 bits per heavy atom. The molecule has 0 atom stereocenters. The zero-order valence-corrected chi connectivity index (χ0v) is 6.75. The molecular formula is C9H8ClN. The largest absolute Gasteiger partial charge is 0.193 e. The Morgan fingerprint density at radius 3 is 2.00 bits per heavy atom. The molecule has 11 heavy (non-hydrogen) atoms. The second-order valence-electron chi connectivity index (χ2n) is 1.63. The fourth-order valence-corrected chi connectivity index (χ4v) is 0.560. The average Bonchev–Trinajstić information content (AvgIpc) is 2.07. The minimum Gasteiger partial charge on any atom is -0.193 e. The van der Waals surface area contributed by atoms with E-state index in [0.29, 0.717) is 0 Å². The molecule has 56 valence electrons. The maximum absolute atomic E-state index is 7.51. The van der Waals surface area contributed by atoms with E-state index in [1.165, 1.54) is 6.08 Å². The first-order chi connectivity index (χ1) is 5.31. The zero-order chi connectivity index (χ0) is 8.53. The molecule has 2 heteroatoms. The Morgan fingerprint density at radius 2 is 1.82 bits per heavy atom. The zero-order valence-electron chi connectivity index (χ0n) is 6.00. The van der Waals surface area contributed by atoms with Crippen molar-refractivity contribution in [2.75, 3.05) is 0 Å². The molecule has 1 aromatic rings. The highest BCUT2D eigenvalue weighted by Crippen LogP contribution is 2.03. The van der Waals surface area contributed by atoms with Gasteiger partial charge in [-0.25, -0.2) is 0 Å². The fraction of sp³-hybridized carbons (Fsp3) is 0. The molecule has 0 fully saturated rings. The lowest BCUT2D eigenvalue weighted by atomic mass is 10.4. The number of nitrogens with zero attached hydrogens (tertiary/aromatic N) is 1. The molecule has 0 saturated carbocycles. The van der Waals surface area contributed by atoms with Gasteiger partial charge in [0, 0.05) is 11.1 Å². The molecule has 0 spiro atoms. The van der Waals surface area contributed by atoms with Gasteiger partial charge in [0.2, 0.25) is 0 Å². The van der Waals surface area contributed by atoms with Gasteiger partial charge < -0.3 is 0 Å². The molecule has 0 heterocycles. The van der Waals surface area contributed by atoms with Crippen LogP contribution in [0.4, 0.5) is 0 Å². The van der Waals surface area contributed by atoms with Gasteiger partial charge in [-0.2, -0.15) is 5.26 Å². The normalized spacial score (nSPS) is 6.91. The van der Waals surface area contributed by atoms with Crippen molar-refractivity contribution >= 4 is 11.6 Å². The second kappa shape index (κ2) is 6.85. The summed E-state index contributed by atoms with van der Waals surface area (Å²) in [6.07, 6.45) is 1.18. The van der Waals surface area contributed by atoms with Gasteiger partial charge in [0.25, 0.3) is 0 Å². The predicted octanol–water partition coefficient (Wildman–Crippen LogP) is 3.04. The lowest BCUT2D eigenvalue weighted by Gasteiger charge is -1.80. The summed E-state index contributed by atoms with van der Waals surface area (Å²) >= 11 is 5.54. The Balaban J connectivity index is 0.000000218. The van der Waals surface area contributed by atoms with E-state index in [0.717, 1.165) is 5.02 Å². The summed E-state index contributed by atoms with van der Waals surface area (Å²) in [5, 5.41) is 8.30. The molecule has 0 aliphatic carbocycles. The smallest absolute Gasteiger partial charge is 0.0905 e. The van der Waals surface area contributed by atoms with E-state index in [-0.39, 0.29) is 0 Å². The molecule has 1 aromatic carbocycles. The van der Waals surface area contributed by atoms with Crippen LogP contribution in [0, 0.1) is 11.3 Å². The highest BCUT2D eigenvalue weighted by molar-refractivity contribution is 6.30. The number of hydrogen-bond donors (Lipinski definition) is 0. The molecule has 0 radical (unpaired) electrons. The maximum Gasteiger partial charge on any atom is 0.0905 e. The van der Waals surface area contributed by atoms with Crippen LogP contribution in [0.15, 0.2) is 43.0 Å². The molecule has 0 unspecified atom stereocenters. The van der Waals surface area contributed by atoms with Crippen molar-refractivity contribution in [3.63, 3.8) is 0 Å². The molecule has 0 amide bonds. The van der Waals surface area contributed by atoms with Crippen molar-refractivity contribution in [1.82, 2.24) is 0 Å². The third kappa shape index (κ3) is 6.63. The van der Waals surface area contributed by atoms with Crippen LogP contribution in [0.2, 0.25) is 5.02 Å². The monoisotopic (exact) mass is 165 g/mol. The predicted molar refractivity (Wildman–Crippen MR) is 47.3 cm³/mol. The van der Waals surface area contributed by atoms with Gasteiger partial charge in [-0.3, -0.25) is 0 Å². The first kappa shape index (κ1) is 9.74. The van der Waals surface area contributed by atoms with Crippen LogP contribution in [0.1, 0.15) is 0 Å². The van der Waals surface area contributed by atoms with E-state index in [4.69, 9.17) is 16.9 Å². The highest BCUT2D eigenvalue weighted by atomic mass is 35.5. The van der Waals surface area contributed by atoms with Crippen LogP contribution in [-0.4, -0.2) is 0 Å².